The Morgan fingerprint density at radius 1 is 1.06 bits per heavy atom. The first-order valence-electron chi connectivity index (χ1n) is 11.7. The number of para-hydroxylation sites is 1. The lowest BCUT2D eigenvalue weighted by molar-refractivity contribution is -0.272. The van der Waals surface area contributed by atoms with E-state index in [1.165, 1.54) is 3.97 Å². The Morgan fingerprint density at radius 3 is 2.35 bits per heavy atom. The maximum Gasteiger partial charge on any atom is 0.268 e. The molecule has 1 fully saturated rings. The SMILES string of the molecule is CCOC1(OCC)CCN(CCO)[C@H](c2cc3ccccc3n2S(=O)(=O)c2ccccc2)[C@@H]1N. The van der Waals surface area contributed by atoms with Gasteiger partial charge in [0.1, 0.15) is 0 Å². The van der Waals surface area contributed by atoms with Crippen molar-refractivity contribution < 1.29 is 23.0 Å². The summed E-state index contributed by atoms with van der Waals surface area (Å²) < 4.78 is 41.5. The van der Waals surface area contributed by atoms with Crippen LogP contribution in [0.5, 0.6) is 0 Å². The van der Waals surface area contributed by atoms with Gasteiger partial charge in [-0.25, -0.2) is 12.4 Å². The summed E-state index contributed by atoms with van der Waals surface area (Å²) in [4.78, 5) is 2.21. The lowest BCUT2D eigenvalue weighted by atomic mass is 9.88. The van der Waals surface area contributed by atoms with Crippen LogP contribution in [0.15, 0.2) is 65.6 Å². The van der Waals surface area contributed by atoms with Gasteiger partial charge < -0.3 is 20.3 Å². The number of likely N-dealkylation sites (tertiary alicyclic amines) is 1. The lowest BCUT2D eigenvalue weighted by Gasteiger charge is -2.50. The largest absolute Gasteiger partial charge is 0.395 e. The number of fused-ring (bicyclic) bond motifs is 1. The summed E-state index contributed by atoms with van der Waals surface area (Å²) in [5.74, 6) is -1.06. The highest BCUT2D eigenvalue weighted by atomic mass is 32.2. The van der Waals surface area contributed by atoms with E-state index in [0.717, 1.165) is 5.39 Å². The normalized spacial score (nSPS) is 21.2. The minimum absolute atomic E-state index is 0.0782. The first-order valence-corrected chi connectivity index (χ1v) is 13.1. The van der Waals surface area contributed by atoms with Gasteiger partial charge in [0.05, 0.1) is 34.8 Å². The number of nitrogens with zero attached hydrogens (tertiary/aromatic N) is 2. The van der Waals surface area contributed by atoms with Crippen molar-refractivity contribution in [1.82, 2.24) is 8.87 Å². The molecule has 0 aliphatic carbocycles. The summed E-state index contributed by atoms with van der Waals surface area (Å²) in [7, 11) is -3.94. The molecule has 2 atom stereocenters. The fourth-order valence-electron chi connectivity index (χ4n) is 5.01. The Bertz CT molecular complexity index is 1210. The summed E-state index contributed by atoms with van der Waals surface area (Å²) in [5.41, 5.74) is 7.97. The predicted molar refractivity (Wildman–Crippen MR) is 131 cm³/mol. The zero-order valence-electron chi connectivity index (χ0n) is 19.6. The van der Waals surface area contributed by atoms with E-state index in [1.54, 1.807) is 36.4 Å². The number of rotatable bonds is 9. The molecule has 0 unspecified atom stereocenters. The van der Waals surface area contributed by atoms with Gasteiger partial charge in [-0.05, 0) is 38.1 Å². The standard InChI is InChI=1S/C25H33N3O5S/c1-3-32-25(33-4-2)14-15-27(16-17-29)23(24(25)26)22-18-19-10-8-9-13-21(19)28(22)34(30,31)20-11-6-5-7-12-20/h5-13,18,23-24,29H,3-4,14-17,26H2,1-2H3/t23-,24+/m1/s1. The number of benzene rings is 2. The first kappa shape index (κ1) is 24.8. The third-order valence-electron chi connectivity index (χ3n) is 6.43. The van der Waals surface area contributed by atoms with Crippen LogP contribution in [0.25, 0.3) is 10.9 Å². The van der Waals surface area contributed by atoms with Crippen molar-refractivity contribution in [3.63, 3.8) is 0 Å². The Balaban J connectivity index is 1.96. The number of aromatic nitrogens is 1. The second-order valence-electron chi connectivity index (χ2n) is 8.37. The van der Waals surface area contributed by atoms with Crippen LogP contribution in [-0.4, -0.2) is 67.1 Å². The van der Waals surface area contributed by atoms with Crippen molar-refractivity contribution in [2.24, 2.45) is 5.73 Å². The highest BCUT2D eigenvalue weighted by Crippen LogP contribution is 2.41. The van der Waals surface area contributed by atoms with Gasteiger partial charge in [0.15, 0.2) is 5.79 Å². The molecule has 0 saturated carbocycles. The molecule has 3 N–H and O–H groups in total. The second-order valence-corrected chi connectivity index (χ2v) is 10.2. The quantitative estimate of drug-likeness (QED) is 0.447. The van der Waals surface area contributed by atoms with E-state index in [2.05, 4.69) is 0 Å². The molecule has 0 spiro atoms. The summed E-state index contributed by atoms with van der Waals surface area (Å²) in [6.07, 6.45) is 0.512. The molecular weight excluding hydrogens is 454 g/mol. The van der Waals surface area contributed by atoms with Crippen LogP contribution in [0.3, 0.4) is 0 Å². The molecule has 1 aliphatic heterocycles. The molecular formula is C25H33N3O5S. The van der Waals surface area contributed by atoms with E-state index in [1.807, 2.05) is 43.0 Å². The number of hydrogen-bond donors (Lipinski definition) is 2. The first-order chi connectivity index (χ1) is 16.4. The van der Waals surface area contributed by atoms with Gasteiger partial charge in [-0.2, -0.15) is 0 Å². The van der Waals surface area contributed by atoms with Gasteiger partial charge >= 0.3 is 0 Å². The Hall–Kier alpha value is -2.27. The summed E-state index contributed by atoms with van der Waals surface area (Å²) >= 11 is 0. The summed E-state index contributed by atoms with van der Waals surface area (Å²) in [6, 6.07) is 16.4. The van der Waals surface area contributed by atoms with Crippen LogP contribution in [0.4, 0.5) is 0 Å². The van der Waals surface area contributed by atoms with Gasteiger partial charge in [-0.15, -0.1) is 0 Å². The van der Waals surface area contributed by atoms with Crippen molar-refractivity contribution in [2.75, 3.05) is 32.9 Å². The van der Waals surface area contributed by atoms with Crippen molar-refractivity contribution in [2.45, 2.75) is 43.0 Å². The molecule has 184 valence electrons. The maximum absolute atomic E-state index is 13.9. The fraction of sp³-hybridized carbons (Fsp3) is 0.440. The maximum atomic E-state index is 13.9. The average molecular weight is 488 g/mol. The van der Waals surface area contributed by atoms with Crippen molar-refractivity contribution >= 4 is 20.9 Å². The van der Waals surface area contributed by atoms with Gasteiger partial charge in [0.25, 0.3) is 10.0 Å². The Morgan fingerprint density at radius 2 is 1.71 bits per heavy atom. The van der Waals surface area contributed by atoms with Crippen molar-refractivity contribution in [3.05, 3.63) is 66.4 Å². The predicted octanol–water partition coefficient (Wildman–Crippen LogP) is 2.71. The molecule has 2 heterocycles. The number of aliphatic hydroxyl groups is 1. The number of hydrogen-bond acceptors (Lipinski definition) is 7. The number of nitrogens with two attached hydrogens (primary N) is 1. The average Bonchev–Trinajstić information content (AvgIpc) is 3.22. The Labute approximate surface area is 200 Å². The molecule has 0 amide bonds. The highest BCUT2D eigenvalue weighted by molar-refractivity contribution is 7.90. The molecule has 34 heavy (non-hydrogen) atoms. The van der Waals surface area contributed by atoms with E-state index in [-0.39, 0.29) is 11.5 Å². The van der Waals surface area contributed by atoms with Gasteiger partial charge in [-0.1, -0.05) is 36.4 Å². The van der Waals surface area contributed by atoms with Gasteiger partial charge in [0, 0.05) is 38.1 Å². The third-order valence-corrected chi connectivity index (χ3v) is 8.19. The molecule has 8 nitrogen and oxygen atoms in total. The summed E-state index contributed by atoms with van der Waals surface area (Å²) in [5, 5.41) is 10.6. The van der Waals surface area contributed by atoms with Crippen molar-refractivity contribution in [3.8, 4) is 0 Å². The van der Waals surface area contributed by atoms with E-state index in [9.17, 15) is 13.5 Å². The zero-order chi connectivity index (χ0) is 24.3. The molecule has 2 aromatic carbocycles. The number of piperidine rings is 1. The lowest BCUT2D eigenvalue weighted by Crippen LogP contribution is -2.64. The number of ether oxygens (including phenoxy) is 2. The molecule has 9 heteroatoms. The molecule has 0 radical (unpaired) electrons. The van der Waals surface area contributed by atoms with Crippen LogP contribution < -0.4 is 5.73 Å². The summed E-state index contributed by atoms with van der Waals surface area (Å²) in [6.45, 7) is 5.40. The van der Waals surface area contributed by atoms with Crippen LogP contribution in [0.1, 0.15) is 32.0 Å². The fourth-order valence-corrected chi connectivity index (χ4v) is 6.59. The van der Waals surface area contributed by atoms with Crippen LogP contribution in [0.2, 0.25) is 0 Å². The third kappa shape index (κ3) is 4.28. The van der Waals surface area contributed by atoms with Crippen LogP contribution in [-0.2, 0) is 19.5 Å². The van der Waals surface area contributed by atoms with E-state index in [4.69, 9.17) is 15.2 Å². The molecule has 3 aromatic rings. The smallest absolute Gasteiger partial charge is 0.268 e. The molecule has 4 rings (SSSR count). The van der Waals surface area contributed by atoms with Gasteiger partial charge in [-0.3, -0.25) is 4.90 Å². The van der Waals surface area contributed by atoms with E-state index < -0.39 is 27.9 Å². The van der Waals surface area contributed by atoms with Crippen LogP contribution >= 0.6 is 0 Å². The molecule has 1 aromatic heterocycles. The monoisotopic (exact) mass is 487 g/mol. The van der Waals surface area contributed by atoms with Gasteiger partial charge in [0.2, 0.25) is 0 Å². The molecule has 0 bridgehead atoms. The topological polar surface area (TPSA) is 107 Å². The van der Waals surface area contributed by atoms with E-state index in [0.29, 0.717) is 43.9 Å². The number of aliphatic hydroxyl groups excluding tert-OH is 1. The second kappa shape index (κ2) is 10.2. The Kier molecular flexibility index (Phi) is 7.42. The number of β-amino-alcohol motifs (C(OH)–C–C–N with tert-alkyl or cyclic N) is 1. The molecule has 1 aliphatic rings. The zero-order valence-corrected chi connectivity index (χ0v) is 20.4. The van der Waals surface area contributed by atoms with Crippen molar-refractivity contribution in [1.29, 1.82) is 0 Å². The van der Waals surface area contributed by atoms with Crippen LogP contribution in [0, 0.1) is 0 Å². The van der Waals surface area contributed by atoms with E-state index >= 15 is 0 Å². The minimum Gasteiger partial charge on any atom is -0.395 e. The highest BCUT2D eigenvalue weighted by Gasteiger charge is 2.50. The molecule has 1 saturated heterocycles. The minimum atomic E-state index is -3.94.